The summed E-state index contributed by atoms with van der Waals surface area (Å²) in [6, 6.07) is 19.9. The highest BCUT2D eigenvalue weighted by Crippen LogP contribution is 2.31. The zero-order valence-electron chi connectivity index (χ0n) is 17.8. The summed E-state index contributed by atoms with van der Waals surface area (Å²) >= 11 is 1.32. The fraction of sp³-hybridized carbons (Fsp3) is 0.160. The van der Waals surface area contributed by atoms with Gasteiger partial charge in [-0.2, -0.15) is 0 Å². The molecule has 6 heteroatoms. The predicted octanol–water partition coefficient (Wildman–Crippen LogP) is 5.87. The zero-order valence-corrected chi connectivity index (χ0v) is 18.6. The average molecular weight is 432 g/mol. The van der Waals surface area contributed by atoms with E-state index in [1.165, 1.54) is 17.4 Å². The number of carbonyl (C=O) groups is 1. The lowest BCUT2D eigenvalue weighted by atomic mass is 10.00. The Balaban J connectivity index is 0.00000132. The van der Waals surface area contributed by atoms with E-state index in [0.717, 1.165) is 16.8 Å². The number of thiazole rings is 1. The van der Waals surface area contributed by atoms with Crippen LogP contribution in [0.25, 0.3) is 11.3 Å². The lowest BCUT2D eigenvalue weighted by Gasteiger charge is -2.19. The molecule has 31 heavy (non-hydrogen) atoms. The van der Waals surface area contributed by atoms with Crippen LogP contribution in [0.2, 0.25) is 0 Å². The van der Waals surface area contributed by atoms with E-state index in [1.54, 1.807) is 17.8 Å². The second-order valence-electron chi connectivity index (χ2n) is 6.69. The van der Waals surface area contributed by atoms with E-state index in [-0.39, 0.29) is 11.3 Å². The second kappa shape index (κ2) is 10.5. The molecule has 2 N–H and O–H groups in total. The van der Waals surface area contributed by atoms with Gasteiger partial charge in [-0.3, -0.25) is 9.59 Å². The number of nitrogens with one attached hydrogen (secondary N) is 2. The van der Waals surface area contributed by atoms with Crippen molar-refractivity contribution in [3.8, 4) is 11.3 Å². The molecule has 0 fully saturated rings. The van der Waals surface area contributed by atoms with E-state index >= 15 is 0 Å². The maximum atomic E-state index is 13.6. The molecule has 0 aliphatic rings. The molecule has 0 aliphatic carbocycles. The van der Waals surface area contributed by atoms with Crippen LogP contribution in [-0.4, -0.2) is 15.8 Å². The lowest BCUT2D eigenvalue weighted by Crippen LogP contribution is -2.22. The smallest absolute Gasteiger partial charge is 0.247 e. The van der Waals surface area contributed by atoms with Gasteiger partial charge >= 0.3 is 0 Å². The van der Waals surface area contributed by atoms with E-state index in [1.807, 2.05) is 75.4 Å². The molecule has 0 aliphatic heterocycles. The van der Waals surface area contributed by atoms with Crippen molar-refractivity contribution >= 4 is 22.8 Å². The van der Waals surface area contributed by atoms with E-state index < -0.39 is 6.04 Å². The largest absolute Gasteiger partial charge is 0.371 e. The van der Waals surface area contributed by atoms with Gasteiger partial charge in [0, 0.05) is 23.5 Å². The third-order valence-electron chi connectivity index (χ3n) is 4.57. The van der Waals surface area contributed by atoms with E-state index in [0.29, 0.717) is 16.1 Å². The van der Waals surface area contributed by atoms with Crippen LogP contribution in [0.15, 0.2) is 83.2 Å². The molecule has 0 saturated heterocycles. The summed E-state index contributed by atoms with van der Waals surface area (Å²) in [6.07, 6.45) is 1.58. The van der Waals surface area contributed by atoms with Gasteiger partial charge < -0.3 is 10.3 Å². The minimum atomic E-state index is -0.656. The van der Waals surface area contributed by atoms with E-state index in [4.69, 9.17) is 0 Å². The Labute approximate surface area is 185 Å². The number of carbonyl (C=O) groups excluding carboxylic acids is 1. The van der Waals surface area contributed by atoms with Crippen molar-refractivity contribution in [2.24, 2.45) is 0 Å². The molecule has 5 nitrogen and oxygen atoms in total. The molecule has 1 atom stereocenters. The Bertz CT molecular complexity index is 1180. The van der Waals surface area contributed by atoms with E-state index in [9.17, 15) is 9.59 Å². The van der Waals surface area contributed by atoms with Gasteiger partial charge in [-0.05, 0) is 36.2 Å². The topological polar surface area (TPSA) is 74.8 Å². The normalized spacial score (nSPS) is 11.2. The summed E-state index contributed by atoms with van der Waals surface area (Å²) < 4.78 is 0. The molecule has 0 spiro atoms. The molecular formula is C25H25N3O2S. The fourth-order valence-corrected chi connectivity index (χ4v) is 3.94. The molecule has 2 heterocycles. The molecule has 2 aromatic heterocycles. The number of ketones is 1. The van der Waals surface area contributed by atoms with Gasteiger partial charge in [-0.15, -0.1) is 11.3 Å². The first kappa shape index (κ1) is 22.2. The molecule has 0 radical (unpaired) electrons. The standard InChI is InChI=1S/C23H19N3O2S.C2H6/c1-15-6-5-9-18(12-15)26-20(17-10-11-19(27)24-13-17)22(28)23-21(25-14-29-23)16-7-3-2-4-8-16;1-2/h2-14,20,26H,1H3,(H,24,27);1-2H3. The van der Waals surface area contributed by atoms with Crippen LogP contribution in [0.5, 0.6) is 0 Å². The average Bonchev–Trinajstić information content (AvgIpc) is 3.30. The number of H-pyrrole nitrogens is 1. The first-order valence-corrected chi connectivity index (χ1v) is 11.0. The summed E-state index contributed by atoms with van der Waals surface area (Å²) in [6.45, 7) is 6.00. The minimum Gasteiger partial charge on any atom is -0.371 e. The van der Waals surface area contributed by atoms with Crippen LogP contribution >= 0.6 is 11.3 Å². The fourth-order valence-electron chi connectivity index (χ4n) is 3.16. The number of Topliss-reactive ketones (excluding diaryl/α,β-unsaturated/α-hetero) is 1. The number of pyridine rings is 1. The van der Waals surface area contributed by atoms with Gasteiger partial charge in [0.2, 0.25) is 11.3 Å². The third kappa shape index (κ3) is 5.35. The zero-order chi connectivity index (χ0) is 22.2. The Morgan fingerprint density at radius 2 is 1.81 bits per heavy atom. The number of aryl methyl sites for hydroxylation is 1. The van der Waals surface area contributed by atoms with E-state index in [2.05, 4.69) is 15.3 Å². The van der Waals surface area contributed by atoms with Crippen LogP contribution in [0, 0.1) is 6.92 Å². The molecule has 4 rings (SSSR count). The molecule has 2 aromatic carbocycles. The highest BCUT2D eigenvalue weighted by molar-refractivity contribution is 7.12. The summed E-state index contributed by atoms with van der Waals surface area (Å²) in [5, 5.41) is 3.33. The lowest BCUT2D eigenvalue weighted by molar-refractivity contribution is 0.0973. The quantitative estimate of drug-likeness (QED) is 0.375. The van der Waals surface area contributed by atoms with Crippen molar-refractivity contribution in [3.63, 3.8) is 0 Å². The van der Waals surface area contributed by atoms with Crippen molar-refractivity contribution < 1.29 is 4.79 Å². The van der Waals surface area contributed by atoms with Crippen LogP contribution in [-0.2, 0) is 0 Å². The number of hydrogen-bond acceptors (Lipinski definition) is 5. The van der Waals surface area contributed by atoms with Crippen LogP contribution < -0.4 is 10.9 Å². The summed E-state index contributed by atoms with van der Waals surface area (Å²) in [4.78, 5) is 32.8. The number of rotatable bonds is 6. The van der Waals surface area contributed by atoms with Gasteiger partial charge in [0.1, 0.15) is 10.9 Å². The second-order valence-corrected chi connectivity index (χ2v) is 7.55. The highest BCUT2D eigenvalue weighted by Gasteiger charge is 2.27. The SMILES string of the molecule is CC.Cc1cccc(NC(C(=O)c2scnc2-c2ccccc2)c2ccc(=O)[nH]c2)c1. The number of nitrogens with zero attached hydrogens (tertiary/aromatic N) is 1. The van der Waals surface area contributed by atoms with Gasteiger partial charge in [-0.25, -0.2) is 4.98 Å². The Morgan fingerprint density at radius 3 is 2.48 bits per heavy atom. The number of anilines is 1. The maximum Gasteiger partial charge on any atom is 0.247 e. The number of benzene rings is 2. The predicted molar refractivity (Wildman–Crippen MR) is 128 cm³/mol. The summed E-state index contributed by atoms with van der Waals surface area (Å²) in [5.41, 5.74) is 5.65. The highest BCUT2D eigenvalue weighted by atomic mass is 32.1. The summed E-state index contributed by atoms with van der Waals surface area (Å²) in [5.74, 6) is -0.0973. The van der Waals surface area contributed by atoms with Crippen molar-refractivity contribution in [3.05, 3.63) is 105 Å². The summed E-state index contributed by atoms with van der Waals surface area (Å²) in [7, 11) is 0. The first-order chi connectivity index (χ1) is 15.1. The molecule has 0 saturated carbocycles. The van der Waals surface area contributed by atoms with Crippen LogP contribution in [0.4, 0.5) is 5.69 Å². The van der Waals surface area contributed by atoms with Gasteiger partial charge in [0.05, 0.1) is 11.2 Å². The minimum absolute atomic E-state index is 0.0973. The molecule has 0 amide bonds. The van der Waals surface area contributed by atoms with Crippen LogP contribution in [0.1, 0.15) is 40.7 Å². The van der Waals surface area contributed by atoms with Crippen molar-refractivity contribution in [1.82, 2.24) is 9.97 Å². The number of hydrogen-bond donors (Lipinski definition) is 2. The Kier molecular flexibility index (Phi) is 7.51. The number of aromatic nitrogens is 2. The monoisotopic (exact) mass is 431 g/mol. The Hall–Kier alpha value is -3.51. The first-order valence-electron chi connectivity index (χ1n) is 10.2. The van der Waals surface area contributed by atoms with Gasteiger partial charge in [0.15, 0.2) is 0 Å². The Morgan fingerprint density at radius 1 is 1.03 bits per heavy atom. The molecule has 158 valence electrons. The molecule has 1 unspecified atom stereocenters. The molecular weight excluding hydrogens is 406 g/mol. The molecule has 0 bridgehead atoms. The maximum absolute atomic E-state index is 13.6. The van der Waals surface area contributed by atoms with Crippen LogP contribution in [0.3, 0.4) is 0 Å². The van der Waals surface area contributed by atoms with Gasteiger partial charge in [0.25, 0.3) is 0 Å². The van der Waals surface area contributed by atoms with Gasteiger partial charge in [-0.1, -0.05) is 56.3 Å². The molecule has 4 aromatic rings. The van der Waals surface area contributed by atoms with Crippen molar-refractivity contribution in [2.45, 2.75) is 26.8 Å². The number of aromatic amines is 1. The van der Waals surface area contributed by atoms with Crippen molar-refractivity contribution in [2.75, 3.05) is 5.32 Å². The third-order valence-corrected chi connectivity index (χ3v) is 5.41. The van der Waals surface area contributed by atoms with Crippen molar-refractivity contribution in [1.29, 1.82) is 0 Å².